The molecule has 0 heterocycles. The van der Waals surface area contributed by atoms with E-state index >= 15 is 0 Å². The van der Waals surface area contributed by atoms with Gasteiger partial charge in [0.15, 0.2) is 0 Å². The maximum Gasteiger partial charge on any atom is 0.389 e. The first-order chi connectivity index (χ1) is 5.33. The standard InChI is InChI=1S/C6H9F3O2S/c1-4(5(10)11)12-3-2-6(7,8)9/h4H,2-3H2,1H3,(H,10,11). The average Bonchev–Trinajstić information content (AvgIpc) is 1.84. The summed E-state index contributed by atoms with van der Waals surface area (Å²) in [5.74, 6) is -1.28. The molecule has 0 aliphatic carbocycles. The Hall–Kier alpha value is -0.390. The van der Waals surface area contributed by atoms with Crippen molar-refractivity contribution in [2.45, 2.75) is 24.8 Å². The lowest BCUT2D eigenvalue weighted by Gasteiger charge is -2.07. The van der Waals surface area contributed by atoms with Gasteiger partial charge in [-0.3, -0.25) is 4.79 Å². The molecular formula is C6H9F3O2S. The molecule has 1 N–H and O–H groups in total. The molecule has 0 saturated carbocycles. The molecule has 0 saturated heterocycles. The molecule has 1 unspecified atom stereocenters. The number of carboxylic acid groups (broad SMARTS) is 1. The van der Waals surface area contributed by atoms with Crippen LogP contribution < -0.4 is 0 Å². The number of aliphatic carboxylic acids is 1. The summed E-state index contributed by atoms with van der Waals surface area (Å²) in [6, 6.07) is 0. The molecule has 6 heteroatoms. The third kappa shape index (κ3) is 6.33. The van der Waals surface area contributed by atoms with Crippen molar-refractivity contribution in [1.82, 2.24) is 0 Å². The molecule has 0 bridgehead atoms. The van der Waals surface area contributed by atoms with Crippen molar-refractivity contribution in [1.29, 1.82) is 0 Å². The minimum Gasteiger partial charge on any atom is -0.480 e. The van der Waals surface area contributed by atoms with Gasteiger partial charge < -0.3 is 5.11 Å². The monoisotopic (exact) mass is 202 g/mol. The molecule has 0 aromatic heterocycles. The van der Waals surface area contributed by atoms with E-state index in [1.807, 2.05) is 0 Å². The highest BCUT2D eigenvalue weighted by molar-refractivity contribution is 8.00. The highest BCUT2D eigenvalue weighted by atomic mass is 32.2. The summed E-state index contributed by atoms with van der Waals surface area (Å²) < 4.78 is 34.6. The number of carboxylic acids is 1. The molecule has 2 nitrogen and oxygen atoms in total. The predicted molar refractivity (Wildman–Crippen MR) is 40.2 cm³/mol. The van der Waals surface area contributed by atoms with Crippen molar-refractivity contribution in [3.63, 3.8) is 0 Å². The molecule has 0 amide bonds. The van der Waals surface area contributed by atoms with Crippen LogP contribution in [0, 0.1) is 0 Å². The van der Waals surface area contributed by atoms with Crippen molar-refractivity contribution < 1.29 is 23.1 Å². The summed E-state index contributed by atoms with van der Waals surface area (Å²) in [4.78, 5) is 10.2. The third-order valence-electron chi connectivity index (χ3n) is 1.10. The van der Waals surface area contributed by atoms with Gasteiger partial charge in [-0.25, -0.2) is 0 Å². The smallest absolute Gasteiger partial charge is 0.389 e. The van der Waals surface area contributed by atoms with E-state index in [2.05, 4.69) is 0 Å². The molecular weight excluding hydrogens is 193 g/mol. The Kier molecular flexibility index (Phi) is 4.44. The molecule has 0 radical (unpaired) electrons. The summed E-state index contributed by atoms with van der Waals surface area (Å²) in [6.07, 6.45) is -5.12. The van der Waals surface area contributed by atoms with Crippen molar-refractivity contribution in [2.24, 2.45) is 0 Å². The van der Waals surface area contributed by atoms with Gasteiger partial charge in [0, 0.05) is 5.75 Å². The van der Waals surface area contributed by atoms with Crippen LogP contribution in [-0.4, -0.2) is 28.3 Å². The SMILES string of the molecule is CC(SCCC(F)(F)F)C(=O)O. The van der Waals surface area contributed by atoms with E-state index in [1.165, 1.54) is 6.92 Å². The zero-order valence-corrected chi connectivity index (χ0v) is 7.21. The second-order valence-electron chi connectivity index (χ2n) is 2.22. The van der Waals surface area contributed by atoms with Crippen molar-refractivity contribution in [2.75, 3.05) is 5.75 Å². The normalized spacial score (nSPS) is 14.3. The summed E-state index contributed by atoms with van der Waals surface area (Å²) in [6.45, 7) is 1.36. The van der Waals surface area contributed by atoms with E-state index in [9.17, 15) is 18.0 Å². The minimum absolute atomic E-state index is 0.197. The number of alkyl halides is 3. The second-order valence-corrected chi connectivity index (χ2v) is 3.67. The first kappa shape index (κ1) is 11.6. The number of rotatable bonds is 4. The Morgan fingerprint density at radius 3 is 2.42 bits per heavy atom. The lowest BCUT2D eigenvalue weighted by atomic mass is 10.5. The highest BCUT2D eigenvalue weighted by Crippen LogP contribution is 2.23. The number of hydrogen-bond acceptors (Lipinski definition) is 2. The Morgan fingerprint density at radius 2 is 2.08 bits per heavy atom. The number of carbonyl (C=O) groups is 1. The topological polar surface area (TPSA) is 37.3 Å². The van der Waals surface area contributed by atoms with Gasteiger partial charge >= 0.3 is 12.1 Å². The molecule has 0 rings (SSSR count). The van der Waals surface area contributed by atoms with Crippen LogP contribution in [0.15, 0.2) is 0 Å². The van der Waals surface area contributed by atoms with Crippen LogP contribution in [0.2, 0.25) is 0 Å². The van der Waals surface area contributed by atoms with E-state index in [-0.39, 0.29) is 5.75 Å². The Bertz CT molecular complexity index is 157. The van der Waals surface area contributed by atoms with Crippen molar-refractivity contribution in [3.05, 3.63) is 0 Å². The quantitative estimate of drug-likeness (QED) is 0.758. The van der Waals surface area contributed by atoms with Gasteiger partial charge in [-0.15, -0.1) is 11.8 Å². The number of halogens is 3. The summed E-state index contributed by atoms with van der Waals surface area (Å²) in [7, 11) is 0. The van der Waals surface area contributed by atoms with Crippen LogP contribution in [0.1, 0.15) is 13.3 Å². The lowest BCUT2D eigenvalue weighted by molar-refractivity contribution is -0.136. The summed E-state index contributed by atoms with van der Waals surface area (Å²) >= 11 is 0.792. The Labute approximate surface area is 72.1 Å². The van der Waals surface area contributed by atoms with E-state index in [0.717, 1.165) is 11.8 Å². The van der Waals surface area contributed by atoms with Gasteiger partial charge in [-0.05, 0) is 6.92 Å². The van der Waals surface area contributed by atoms with Gasteiger partial charge in [0.1, 0.15) is 0 Å². The summed E-state index contributed by atoms with van der Waals surface area (Å²) in [5.41, 5.74) is 0. The van der Waals surface area contributed by atoms with Gasteiger partial charge in [0.2, 0.25) is 0 Å². The zero-order chi connectivity index (χ0) is 9.78. The van der Waals surface area contributed by atoms with Crippen LogP contribution >= 0.6 is 11.8 Å². The van der Waals surface area contributed by atoms with Gasteiger partial charge in [-0.2, -0.15) is 13.2 Å². The number of thioether (sulfide) groups is 1. The molecule has 0 aliphatic rings. The number of hydrogen-bond donors (Lipinski definition) is 1. The van der Waals surface area contributed by atoms with Crippen molar-refractivity contribution >= 4 is 17.7 Å². The molecule has 0 aromatic rings. The maximum absolute atomic E-state index is 11.5. The lowest BCUT2D eigenvalue weighted by Crippen LogP contribution is -2.15. The van der Waals surface area contributed by atoms with Crippen molar-refractivity contribution in [3.8, 4) is 0 Å². The van der Waals surface area contributed by atoms with E-state index in [1.54, 1.807) is 0 Å². The van der Waals surface area contributed by atoms with Gasteiger partial charge in [0.25, 0.3) is 0 Å². The van der Waals surface area contributed by atoms with Crippen LogP contribution in [0.25, 0.3) is 0 Å². The molecule has 1 atom stereocenters. The molecule has 0 aromatic carbocycles. The van der Waals surface area contributed by atoms with Crippen LogP contribution in [-0.2, 0) is 4.79 Å². The Morgan fingerprint density at radius 1 is 1.58 bits per heavy atom. The first-order valence-corrected chi connectivity index (χ1v) is 4.29. The molecule has 12 heavy (non-hydrogen) atoms. The first-order valence-electron chi connectivity index (χ1n) is 3.24. The van der Waals surface area contributed by atoms with E-state index in [0.29, 0.717) is 0 Å². The predicted octanol–water partition coefficient (Wildman–Crippen LogP) is 2.15. The fourth-order valence-electron chi connectivity index (χ4n) is 0.423. The third-order valence-corrected chi connectivity index (χ3v) is 2.24. The van der Waals surface area contributed by atoms with Gasteiger partial charge in [-0.1, -0.05) is 0 Å². The minimum atomic E-state index is -4.19. The Balaban J connectivity index is 3.51. The fourth-order valence-corrected chi connectivity index (χ4v) is 1.27. The average molecular weight is 202 g/mol. The van der Waals surface area contributed by atoms with E-state index < -0.39 is 23.8 Å². The summed E-state index contributed by atoms with van der Waals surface area (Å²) in [5, 5.41) is 7.54. The molecule has 0 aliphatic heterocycles. The largest absolute Gasteiger partial charge is 0.480 e. The maximum atomic E-state index is 11.5. The molecule has 0 spiro atoms. The van der Waals surface area contributed by atoms with Gasteiger partial charge in [0.05, 0.1) is 11.7 Å². The molecule has 72 valence electrons. The highest BCUT2D eigenvalue weighted by Gasteiger charge is 2.27. The van der Waals surface area contributed by atoms with E-state index in [4.69, 9.17) is 5.11 Å². The molecule has 0 fully saturated rings. The zero-order valence-electron chi connectivity index (χ0n) is 6.39. The van der Waals surface area contributed by atoms with Crippen LogP contribution in [0.3, 0.4) is 0 Å². The van der Waals surface area contributed by atoms with Crippen LogP contribution in [0.4, 0.5) is 13.2 Å². The second kappa shape index (κ2) is 4.59. The van der Waals surface area contributed by atoms with Crippen LogP contribution in [0.5, 0.6) is 0 Å². The fraction of sp³-hybridized carbons (Fsp3) is 0.833.